The smallest absolute Gasteiger partial charge is 0.328 e. The van der Waals surface area contributed by atoms with Gasteiger partial charge in [0.25, 0.3) is 0 Å². The summed E-state index contributed by atoms with van der Waals surface area (Å²) in [4.78, 5) is 22.6. The molecule has 0 heterocycles. The van der Waals surface area contributed by atoms with Crippen LogP contribution in [0.4, 0.5) is 10.5 Å². The van der Waals surface area contributed by atoms with E-state index in [1.165, 1.54) is 7.11 Å². The summed E-state index contributed by atoms with van der Waals surface area (Å²) in [6.45, 7) is 1.79. The van der Waals surface area contributed by atoms with E-state index in [4.69, 9.17) is 9.84 Å². The number of rotatable bonds is 5. The van der Waals surface area contributed by atoms with Gasteiger partial charge in [-0.3, -0.25) is 0 Å². The fraction of sp³-hybridized carbons (Fsp3) is 0.333. The van der Waals surface area contributed by atoms with Crippen LogP contribution in [0.3, 0.4) is 0 Å². The van der Waals surface area contributed by atoms with Gasteiger partial charge in [-0.15, -0.1) is 0 Å². The van der Waals surface area contributed by atoms with Crippen molar-refractivity contribution in [1.29, 1.82) is 0 Å². The van der Waals surface area contributed by atoms with Gasteiger partial charge in [-0.25, -0.2) is 9.59 Å². The maximum atomic E-state index is 11.7. The Morgan fingerprint density at radius 3 is 2.74 bits per heavy atom. The quantitative estimate of drug-likeness (QED) is 0.770. The Bertz CT molecular complexity index is 479. The number of carboxylic acids is 1. The largest absolute Gasteiger partial charge is 0.480 e. The number of hydrogen-bond donors (Lipinski definition) is 3. The fourth-order valence-electron chi connectivity index (χ4n) is 1.39. The third-order valence-electron chi connectivity index (χ3n) is 2.31. The highest BCUT2D eigenvalue weighted by molar-refractivity contribution is 9.10. The van der Waals surface area contributed by atoms with Crippen molar-refractivity contribution < 1.29 is 19.4 Å². The molecular formula is C12H15BrN2O4. The number of ether oxygens (including phenoxy) is 1. The highest BCUT2D eigenvalue weighted by Crippen LogP contribution is 2.23. The molecule has 0 radical (unpaired) electrons. The molecule has 0 saturated heterocycles. The summed E-state index contributed by atoms with van der Waals surface area (Å²) in [5.74, 6) is -1.15. The second-order valence-corrected chi connectivity index (χ2v) is 4.78. The van der Waals surface area contributed by atoms with Crippen LogP contribution in [-0.2, 0) is 9.53 Å². The van der Waals surface area contributed by atoms with E-state index < -0.39 is 18.0 Å². The number of benzene rings is 1. The summed E-state index contributed by atoms with van der Waals surface area (Å²) < 4.78 is 5.44. The number of amides is 2. The minimum atomic E-state index is -1.15. The number of methoxy groups -OCH3 is 1. The summed E-state index contributed by atoms with van der Waals surface area (Å²) in [5.41, 5.74) is 1.55. The molecule has 1 rings (SSSR count). The van der Waals surface area contributed by atoms with E-state index in [9.17, 15) is 9.59 Å². The van der Waals surface area contributed by atoms with Gasteiger partial charge in [0.05, 0.1) is 12.3 Å². The number of anilines is 1. The number of carboxylic acid groups (broad SMARTS) is 1. The van der Waals surface area contributed by atoms with Crippen LogP contribution in [0.2, 0.25) is 0 Å². The molecule has 1 aromatic rings. The zero-order chi connectivity index (χ0) is 14.4. The molecule has 0 aromatic heterocycles. The summed E-state index contributed by atoms with van der Waals surface area (Å²) >= 11 is 3.30. The minimum absolute atomic E-state index is 0.0995. The van der Waals surface area contributed by atoms with Crippen molar-refractivity contribution in [3.63, 3.8) is 0 Å². The zero-order valence-electron chi connectivity index (χ0n) is 10.6. The Labute approximate surface area is 119 Å². The van der Waals surface area contributed by atoms with Crippen LogP contribution in [-0.4, -0.2) is 36.9 Å². The lowest BCUT2D eigenvalue weighted by Gasteiger charge is -2.15. The molecule has 0 aliphatic rings. The highest BCUT2D eigenvalue weighted by atomic mass is 79.9. The van der Waals surface area contributed by atoms with Gasteiger partial charge in [0.1, 0.15) is 0 Å². The molecule has 3 N–H and O–H groups in total. The highest BCUT2D eigenvalue weighted by Gasteiger charge is 2.19. The first-order valence-electron chi connectivity index (χ1n) is 5.49. The number of carbonyl (C=O) groups is 2. The molecule has 0 spiro atoms. The Morgan fingerprint density at radius 2 is 2.16 bits per heavy atom. The second kappa shape index (κ2) is 7.10. The molecule has 1 unspecified atom stereocenters. The lowest BCUT2D eigenvalue weighted by Crippen LogP contribution is -2.45. The van der Waals surface area contributed by atoms with Crippen molar-refractivity contribution in [2.24, 2.45) is 0 Å². The minimum Gasteiger partial charge on any atom is -0.480 e. The number of hydrogen-bond acceptors (Lipinski definition) is 3. The van der Waals surface area contributed by atoms with Crippen molar-refractivity contribution in [2.45, 2.75) is 13.0 Å². The van der Waals surface area contributed by atoms with Gasteiger partial charge >= 0.3 is 12.0 Å². The molecule has 6 nitrogen and oxygen atoms in total. The Kier molecular flexibility index (Phi) is 5.78. The van der Waals surface area contributed by atoms with Crippen molar-refractivity contribution in [3.05, 3.63) is 28.2 Å². The molecule has 0 fully saturated rings. The molecule has 0 bridgehead atoms. The molecule has 104 valence electrons. The normalized spacial score (nSPS) is 11.7. The van der Waals surface area contributed by atoms with E-state index >= 15 is 0 Å². The van der Waals surface area contributed by atoms with Crippen molar-refractivity contribution in [2.75, 3.05) is 19.0 Å². The molecule has 19 heavy (non-hydrogen) atoms. The molecule has 1 atom stereocenters. The summed E-state index contributed by atoms with van der Waals surface area (Å²) in [5, 5.41) is 13.8. The fourth-order valence-corrected chi connectivity index (χ4v) is 1.74. The number of halogens is 1. The van der Waals surface area contributed by atoms with Crippen LogP contribution in [0.5, 0.6) is 0 Å². The maximum Gasteiger partial charge on any atom is 0.328 e. The third-order valence-corrected chi connectivity index (χ3v) is 3.00. The Hall–Kier alpha value is -1.60. The maximum absolute atomic E-state index is 11.7. The zero-order valence-corrected chi connectivity index (χ0v) is 12.2. The van der Waals surface area contributed by atoms with Gasteiger partial charge in [-0.1, -0.05) is 6.07 Å². The van der Waals surface area contributed by atoms with Crippen LogP contribution in [0.1, 0.15) is 5.56 Å². The van der Waals surface area contributed by atoms with Crippen LogP contribution in [0.25, 0.3) is 0 Å². The summed E-state index contributed by atoms with van der Waals surface area (Å²) in [6.07, 6.45) is 0. The lowest BCUT2D eigenvalue weighted by atomic mass is 10.2. The number of nitrogens with one attached hydrogen (secondary N) is 2. The first-order chi connectivity index (χ1) is 8.93. The lowest BCUT2D eigenvalue weighted by molar-refractivity contribution is -0.140. The molecular weight excluding hydrogens is 316 g/mol. The monoisotopic (exact) mass is 330 g/mol. The van der Waals surface area contributed by atoms with Crippen molar-refractivity contribution >= 4 is 33.6 Å². The van der Waals surface area contributed by atoms with Crippen LogP contribution in [0, 0.1) is 6.92 Å². The van der Waals surface area contributed by atoms with Crippen molar-refractivity contribution in [1.82, 2.24) is 5.32 Å². The average Bonchev–Trinajstić information content (AvgIpc) is 2.33. The predicted octanol–water partition coefficient (Wildman–Crippen LogP) is 1.98. The van der Waals surface area contributed by atoms with Gasteiger partial charge in [-0.05, 0) is 40.5 Å². The Morgan fingerprint density at radius 1 is 1.47 bits per heavy atom. The summed E-state index contributed by atoms with van der Waals surface area (Å²) in [7, 11) is 1.37. The van der Waals surface area contributed by atoms with Crippen molar-refractivity contribution in [3.8, 4) is 0 Å². The topological polar surface area (TPSA) is 87.7 Å². The first-order valence-corrected chi connectivity index (χ1v) is 6.28. The molecule has 0 aliphatic carbocycles. The molecule has 0 aliphatic heterocycles. The number of carbonyl (C=O) groups excluding carboxylic acids is 1. The summed E-state index contributed by atoms with van der Waals surface area (Å²) in [6, 6.07) is 3.77. The van der Waals surface area contributed by atoms with Gasteiger partial charge in [0, 0.05) is 11.6 Å². The van der Waals surface area contributed by atoms with Gasteiger partial charge in [0.15, 0.2) is 6.04 Å². The molecule has 7 heteroatoms. The third kappa shape index (κ3) is 4.88. The van der Waals surface area contributed by atoms with E-state index in [0.29, 0.717) is 10.2 Å². The predicted molar refractivity (Wildman–Crippen MR) is 74.3 cm³/mol. The van der Waals surface area contributed by atoms with Gasteiger partial charge < -0.3 is 20.5 Å². The average molecular weight is 331 g/mol. The number of aliphatic carboxylic acids is 1. The molecule has 0 saturated carbocycles. The Balaban J connectivity index is 2.68. The SMILES string of the molecule is COCC(NC(=O)Nc1cc(C)ccc1Br)C(=O)O. The molecule has 2 amide bonds. The van der Waals surface area contributed by atoms with Gasteiger partial charge in [0.2, 0.25) is 0 Å². The van der Waals surface area contributed by atoms with Gasteiger partial charge in [-0.2, -0.15) is 0 Å². The van der Waals surface area contributed by atoms with E-state index in [1.807, 2.05) is 13.0 Å². The first kappa shape index (κ1) is 15.5. The second-order valence-electron chi connectivity index (χ2n) is 3.93. The van der Waals surface area contributed by atoms with Crippen LogP contribution < -0.4 is 10.6 Å². The number of urea groups is 1. The molecule has 1 aromatic carbocycles. The van der Waals surface area contributed by atoms with E-state index in [0.717, 1.165) is 5.56 Å². The van der Waals surface area contributed by atoms with E-state index in [-0.39, 0.29) is 6.61 Å². The van der Waals surface area contributed by atoms with E-state index in [1.54, 1.807) is 12.1 Å². The van der Waals surface area contributed by atoms with Crippen LogP contribution >= 0.6 is 15.9 Å². The number of aryl methyl sites for hydroxylation is 1. The van der Waals surface area contributed by atoms with Crippen LogP contribution in [0.15, 0.2) is 22.7 Å². The van der Waals surface area contributed by atoms with E-state index in [2.05, 4.69) is 26.6 Å². The standard InChI is InChI=1S/C12H15BrN2O4/c1-7-3-4-8(13)9(5-7)14-12(18)15-10(6-19-2)11(16)17/h3-5,10H,6H2,1-2H3,(H,16,17)(H2,14,15,18).